The van der Waals surface area contributed by atoms with Gasteiger partial charge in [-0.3, -0.25) is 0 Å². The number of hydrogen-bond donors (Lipinski definition) is 1. The van der Waals surface area contributed by atoms with Crippen LogP contribution in [0.5, 0.6) is 0 Å². The van der Waals surface area contributed by atoms with Crippen LogP contribution in [0, 0.1) is 5.41 Å². The van der Waals surface area contributed by atoms with Crippen LogP contribution in [-0.2, 0) is 0 Å². The predicted molar refractivity (Wildman–Crippen MR) is 60.7 cm³/mol. The van der Waals surface area contributed by atoms with Crippen LogP contribution < -0.4 is 5.32 Å². The van der Waals surface area contributed by atoms with Crippen LogP contribution in [0.15, 0.2) is 0 Å². The second-order valence-electron chi connectivity index (χ2n) is 5.94. The van der Waals surface area contributed by atoms with Crippen molar-refractivity contribution >= 4 is 6.03 Å². The first kappa shape index (κ1) is 10.8. The predicted octanol–water partition coefficient (Wildman–Crippen LogP) is 2.37. The molecule has 1 saturated heterocycles. The Balaban J connectivity index is 1.97. The van der Waals surface area contributed by atoms with Crippen molar-refractivity contribution in [1.29, 1.82) is 0 Å². The molecule has 0 aromatic heterocycles. The number of urea groups is 1. The summed E-state index contributed by atoms with van der Waals surface area (Å²) in [6.07, 6.45) is 4.64. The van der Waals surface area contributed by atoms with Gasteiger partial charge in [0.15, 0.2) is 0 Å². The number of likely N-dealkylation sites (tertiary alicyclic amines) is 1. The number of rotatable bonds is 1. The summed E-state index contributed by atoms with van der Waals surface area (Å²) in [5, 5.41) is 3.08. The van der Waals surface area contributed by atoms with E-state index in [1.54, 1.807) is 0 Å². The molecule has 3 nitrogen and oxygen atoms in total. The quantitative estimate of drug-likeness (QED) is 0.708. The molecule has 1 atom stereocenters. The van der Waals surface area contributed by atoms with Crippen molar-refractivity contribution in [2.45, 2.75) is 58.5 Å². The van der Waals surface area contributed by atoms with Crippen LogP contribution in [0.25, 0.3) is 0 Å². The third-order valence-corrected chi connectivity index (χ3v) is 3.42. The highest BCUT2D eigenvalue weighted by Gasteiger charge is 2.38. The minimum atomic E-state index is 0.162. The summed E-state index contributed by atoms with van der Waals surface area (Å²) in [5.74, 6) is 0. The molecule has 3 heteroatoms. The Bertz CT molecular complexity index is 253. The molecule has 1 aliphatic carbocycles. The van der Waals surface area contributed by atoms with Crippen LogP contribution in [-0.4, -0.2) is 29.6 Å². The van der Waals surface area contributed by atoms with E-state index in [0.717, 1.165) is 19.4 Å². The van der Waals surface area contributed by atoms with E-state index in [4.69, 9.17) is 0 Å². The number of hydrogen-bond acceptors (Lipinski definition) is 1. The molecule has 0 spiro atoms. The monoisotopic (exact) mass is 210 g/mol. The standard InChI is InChI=1S/C12H22N2O/c1-12(2,3)10-5-4-8-14(10)11(15)13-9-6-7-9/h9-10H,4-8H2,1-3H3,(H,13,15). The Labute approximate surface area is 92.2 Å². The van der Waals surface area contributed by atoms with E-state index < -0.39 is 0 Å². The van der Waals surface area contributed by atoms with Gasteiger partial charge < -0.3 is 10.2 Å². The molecule has 0 radical (unpaired) electrons. The fourth-order valence-corrected chi connectivity index (χ4v) is 2.40. The Hall–Kier alpha value is -0.730. The van der Waals surface area contributed by atoms with Gasteiger partial charge in [-0.2, -0.15) is 0 Å². The van der Waals surface area contributed by atoms with Crippen LogP contribution in [0.4, 0.5) is 4.79 Å². The summed E-state index contributed by atoms with van der Waals surface area (Å²) < 4.78 is 0. The molecule has 0 aromatic carbocycles. The zero-order valence-electron chi connectivity index (χ0n) is 10.0. The Morgan fingerprint density at radius 2 is 1.93 bits per heavy atom. The highest BCUT2D eigenvalue weighted by Crippen LogP contribution is 2.33. The first-order chi connectivity index (χ1) is 6.98. The molecule has 2 aliphatic rings. The lowest BCUT2D eigenvalue weighted by Gasteiger charge is -2.35. The van der Waals surface area contributed by atoms with E-state index in [0.29, 0.717) is 12.1 Å². The first-order valence-corrected chi connectivity index (χ1v) is 6.05. The van der Waals surface area contributed by atoms with Gasteiger partial charge in [0.2, 0.25) is 0 Å². The second kappa shape index (κ2) is 3.69. The number of nitrogens with one attached hydrogen (secondary N) is 1. The fraction of sp³-hybridized carbons (Fsp3) is 0.917. The van der Waals surface area contributed by atoms with Crippen LogP contribution in [0.3, 0.4) is 0 Å². The fourth-order valence-electron chi connectivity index (χ4n) is 2.40. The summed E-state index contributed by atoms with van der Waals surface area (Å²) in [5.41, 5.74) is 0.206. The van der Waals surface area contributed by atoms with Crippen molar-refractivity contribution in [1.82, 2.24) is 10.2 Å². The van der Waals surface area contributed by atoms with E-state index in [2.05, 4.69) is 26.1 Å². The lowest BCUT2D eigenvalue weighted by Crippen LogP contribution is -2.48. The molecule has 1 saturated carbocycles. The molecule has 0 bridgehead atoms. The minimum absolute atomic E-state index is 0.162. The molecule has 2 amide bonds. The van der Waals surface area contributed by atoms with Crippen LogP contribution >= 0.6 is 0 Å². The third-order valence-electron chi connectivity index (χ3n) is 3.42. The third kappa shape index (κ3) is 2.44. The van der Waals surface area contributed by atoms with Gasteiger partial charge in [-0.1, -0.05) is 20.8 Å². The summed E-state index contributed by atoms with van der Waals surface area (Å²) in [6, 6.07) is 1.05. The molecule has 1 N–H and O–H groups in total. The maximum Gasteiger partial charge on any atom is 0.317 e. The summed E-state index contributed by atoms with van der Waals surface area (Å²) in [6.45, 7) is 7.60. The zero-order chi connectivity index (χ0) is 11.1. The van der Waals surface area contributed by atoms with Gasteiger partial charge in [-0.25, -0.2) is 4.79 Å². The molecule has 1 heterocycles. The Kier molecular flexibility index (Phi) is 2.65. The molecular weight excluding hydrogens is 188 g/mol. The van der Waals surface area contributed by atoms with Gasteiger partial charge >= 0.3 is 6.03 Å². The lowest BCUT2D eigenvalue weighted by atomic mass is 9.85. The van der Waals surface area contributed by atoms with E-state index in [-0.39, 0.29) is 11.4 Å². The average Bonchev–Trinajstić information content (AvgIpc) is 2.80. The first-order valence-electron chi connectivity index (χ1n) is 6.05. The van der Waals surface area contributed by atoms with Crippen LogP contribution in [0.1, 0.15) is 46.5 Å². The molecule has 15 heavy (non-hydrogen) atoms. The smallest absolute Gasteiger partial charge is 0.317 e. The normalized spacial score (nSPS) is 26.9. The van der Waals surface area contributed by atoms with Gasteiger partial charge in [0, 0.05) is 18.6 Å². The number of carbonyl (C=O) groups excluding carboxylic acids is 1. The number of nitrogens with zero attached hydrogens (tertiary/aromatic N) is 1. The van der Waals surface area contributed by atoms with Crippen molar-refractivity contribution in [3.8, 4) is 0 Å². The molecule has 0 aromatic rings. The molecule has 2 fully saturated rings. The van der Waals surface area contributed by atoms with Gasteiger partial charge in [0.05, 0.1) is 0 Å². The van der Waals surface area contributed by atoms with E-state index in [1.165, 1.54) is 12.8 Å². The highest BCUT2D eigenvalue weighted by atomic mass is 16.2. The van der Waals surface area contributed by atoms with E-state index in [1.807, 2.05) is 4.90 Å². The van der Waals surface area contributed by atoms with E-state index in [9.17, 15) is 4.79 Å². The largest absolute Gasteiger partial charge is 0.335 e. The number of amides is 2. The van der Waals surface area contributed by atoms with Crippen molar-refractivity contribution in [2.24, 2.45) is 5.41 Å². The van der Waals surface area contributed by atoms with Gasteiger partial charge in [0.1, 0.15) is 0 Å². The second-order valence-corrected chi connectivity index (χ2v) is 5.94. The Morgan fingerprint density at radius 3 is 2.47 bits per heavy atom. The summed E-state index contributed by atoms with van der Waals surface area (Å²) in [4.78, 5) is 14.0. The maximum absolute atomic E-state index is 12.0. The van der Waals surface area contributed by atoms with Crippen LogP contribution in [0.2, 0.25) is 0 Å². The topological polar surface area (TPSA) is 32.3 Å². The summed E-state index contributed by atoms with van der Waals surface area (Å²) >= 11 is 0. The SMILES string of the molecule is CC(C)(C)C1CCCN1C(=O)NC1CC1. The average molecular weight is 210 g/mol. The molecule has 86 valence electrons. The number of carbonyl (C=O) groups is 1. The summed E-state index contributed by atoms with van der Waals surface area (Å²) in [7, 11) is 0. The van der Waals surface area contributed by atoms with Crippen molar-refractivity contribution in [2.75, 3.05) is 6.54 Å². The molecule has 1 aliphatic heterocycles. The van der Waals surface area contributed by atoms with E-state index >= 15 is 0 Å². The van der Waals surface area contributed by atoms with Gasteiger partial charge in [-0.05, 0) is 31.1 Å². The molecular formula is C12H22N2O. The maximum atomic E-state index is 12.0. The van der Waals surface area contributed by atoms with Crippen molar-refractivity contribution in [3.05, 3.63) is 0 Å². The van der Waals surface area contributed by atoms with Crippen molar-refractivity contribution < 1.29 is 4.79 Å². The minimum Gasteiger partial charge on any atom is -0.335 e. The molecule has 2 rings (SSSR count). The van der Waals surface area contributed by atoms with Crippen molar-refractivity contribution in [3.63, 3.8) is 0 Å². The lowest BCUT2D eigenvalue weighted by molar-refractivity contribution is 0.145. The van der Waals surface area contributed by atoms with Gasteiger partial charge in [0.25, 0.3) is 0 Å². The zero-order valence-corrected chi connectivity index (χ0v) is 10.0. The Morgan fingerprint density at radius 1 is 1.27 bits per heavy atom. The molecule has 1 unspecified atom stereocenters. The highest BCUT2D eigenvalue weighted by molar-refractivity contribution is 5.75. The van der Waals surface area contributed by atoms with Gasteiger partial charge in [-0.15, -0.1) is 0 Å².